The molecule has 0 fully saturated rings. The third-order valence-electron chi connectivity index (χ3n) is 4.17. The topological polar surface area (TPSA) is 64.9 Å². The van der Waals surface area contributed by atoms with Crippen LogP contribution in [0.3, 0.4) is 0 Å². The highest BCUT2D eigenvalue weighted by atomic mass is 35.5. The molecule has 20 heavy (non-hydrogen) atoms. The second-order valence-corrected chi connectivity index (χ2v) is 5.86. The molecule has 1 aliphatic carbocycles. The van der Waals surface area contributed by atoms with Gasteiger partial charge in [0.2, 0.25) is 0 Å². The fourth-order valence-electron chi connectivity index (χ4n) is 3.02. The average Bonchev–Trinajstić information content (AvgIpc) is 2.48. The van der Waals surface area contributed by atoms with E-state index in [9.17, 15) is 0 Å². The van der Waals surface area contributed by atoms with Crippen LogP contribution in [0.4, 0.5) is 5.82 Å². The van der Waals surface area contributed by atoms with Crippen LogP contribution in [0.15, 0.2) is 36.5 Å². The molecule has 0 radical (unpaired) electrons. The summed E-state index contributed by atoms with van der Waals surface area (Å²) in [6, 6.07) is 10.3. The van der Waals surface area contributed by atoms with Crippen LogP contribution in [0, 0.1) is 5.92 Å². The zero-order chi connectivity index (χ0) is 14.1. The molecule has 0 aliphatic heterocycles. The largest absolute Gasteiger partial charge is 0.383 e. The predicted molar refractivity (Wildman–Crippen MR) is 82.5 cm³/mol. The lowest BCUT2D eigenvalue weighted by Crippen LogP contribution is -2.28. The molecule has 3 rings (SSSR count). The average molecular weight is 288 g/mol. The first kappa shape index (κ1) is 13.4. The van der Waals surface area contributed by atoms with Crippen LogP contribution in [-0.2, 0) is 12.8 Å². The lowest BCUT2D eigenvalue weighted by molar-refractivity contribution is 0.382. The second-order valence-electron chi connectivity index (χ2n) is 5.43. The number of anilines is 1. The Bertz CT molecular complexity index is 627. The van der Waals surface area contributed by atoms with Crippen LogP contribution in [0.25, 0.3) is 0 Å². The summed E-state index contributed by atoms with van der Waals surface area (Å²) in [5, 5.41) is 0.584. The van der Waals surface area contributed by atoms with Crippen molar-refractivity contribution >= 4 is 17.4 Å². The number of hydrogen-bond acceptors (Lipinski definition) is 3. The number of benzene rings is 1. The van der Waals surface area contributed by atoms with E-state index in [1.54, 1.807) is 6.20 Å². The number of rotatable bonds is 2. The summed E-state index contributed by atoms with van der Waals surface area (Å²) in [6.07, 6.45) is 4.69. The molecule has 2 aromatic rings. The molecule has 4 heteroatoms. The minimum Gasteiger partial charge on any atom is -0.383 e. The van der Waals surface area contributed by atoms with Crippen molar-refractivity contribution in [3.63, 3.8) is 0 Å². The van der Waals surface area contributed by atoms with Gasteiger partial charge in [-0.25, -0.2) is 4.98 Å². The normalized spacial score (nSPS) is 19.4. The Hall–Kier alpha value is -1.58. The van der Waals surface area contributed by atoms with E-state index in [4.69, 9.17) is 23.1 Å². The molecular formula is C16H18ClN3. The van der Waals surface area contributed by atoms with E-state index in [-0.39, 0.29) is 6.04 Å². The molecule has 1 aliphatic rings. The van der Waals surface area contributed by atoms with Crippen molar-refractivity contribution in [3.8, 4) is 0 Å². The van der Waals surface area contributed by atoms with Crippen molar-refractivity contribution in [1.29, 1.82) is 0 Å². The van der Waals surface area contributed by atoms with Gasteiger partial charge in [0.1, 0.15) is 5.82 Å². The predicted octanol–water partition coefficient (Wildman–Crippen LogP) is 3.12. The number of aryl methyl sites for hydroxylation is 1. The molecule has 0 amide bonds. The van der Waals surface area contributed by atoms with Gasteiger partial charge in [-0.1, -0.05) is 35.9 Å². The number of aromatic nitrogens is 1. The molecule has 0 saturated carbocycles. The summed E-state index contributed by atoms with van der Waals surface area (Å²) in [7, 11) is 0. The first-order chi connectivity index (χ1) is 9.65. The molecule has 4 N–H and O–H groups in total. The molecule has 1 aromatic heterocycles. The lowest BCUT2D eigenvalue weighted by atomic mass is 9.78. The number of pyridine rings is 1. The van der Waals surface area contributed by atoms with E-state index in [0.29, 0.717) is 16.8 Å². The summed E-state index contributed by atoms with van der Waals surface area (Å²) in [5.74, 6) is 0.869. The van der Waals surface area contributed by atoms with E-state index in [1.165, 1.54) is 11.1 Å². The maximum atomic E-state index is 6.42. The zero-order valence-corrected chi connectivity index (χ0v) is 12.0. The maximum absolute atomic E-state index is 6.42. The van der Waals surface area contributed by atoms with Gasteiger partial charge < -0.3 is 11.5 Å². The zero-order valence-electron chi connectivity index (χ0n) is 11.2. The van der Waals surface area contributed by atoms with Crippen LogP contribution in [0.1, 0.15) is 29.2 Å². The first-order valence-corrected chi connectivity index (χ1v) is 7.26. The number of nitrogens with two attached hydrogens (primary N) is 2. The molecule has 2 unspecified atom stereocenters. The molecule has 3 nitrogen and oxygen atoms in total. The number of hydrogen-bond donors (Lipinski definition) is 2. The van der Waals surface area contributed by atoms with Crippen molar-refractivity contribution < 1.29 is 0 Å². The van der Waals surface area contributed by atoms with E-state index in [2.05, 4.69) is 29.2 Å². The van der Waals surface area contributed by atoms with Gasteiger partial charge in [-0.2, -0.15) is 0 Å². The molecule has 0 spiro atoms. The van der Waals surface area contributed by atoms with Gasteiger partial charge in [0.05, 0.1) is 5.02 Å². The van der Waals surface area contributed by atoms with Crippen molar-refractivity contribution in [2.75, 3.05) is 5.73 Å². The fraction of sp³-hybridized carbons (Fsp3) is 0.312. The summed E-state index contributed by atoms with van der Waals surface area (Å²) in [6.45, 7) is 0. The highest BCUT2D eigenvalue weighted by Crippen LogP contribution is 2.34. The van der Waals surface area contributed by atoms with Gasteiger partial charge in [0.15, 0.2) is 0 Å². The minimum absolute atomic E-state index is 0.116. The molecule has 104 valence electrons. The third kappa shape index (κ3) is 2.51. The van der Waals surface area contributed by atoms with Crippen molar-refractivity contribution in [2.24, 2.45) is 11.7 Å². The minimum atomic E-state index is -0.116. The van der Waals surface area contributed by atoms with E-state index >= 15 is 0 Å². The standard InChI is InChI=1S/C16H18ClN3/c17-13-8-14(16(19)20-9-13)15(18)12-6-5-10-3-1-2-4-11(10)7-12/h1-4,8-9,12,15H,5-7,18H2,(H2,19,20). The van der Waals surface area contributed by atoms with Gasteiger partial charge in [-0.05, 0) is 42.4 Å². The van der Waals surface area contributed by atoms with E-state index < -0.39 is 0 Å². The summed E-state index contributed by atoms with van der Waals surface area (Å²) < 4.78 is 0. The Balaban J connectivity index is 1.85. The molecule has 1 aromatic carbocycles. The van der Waals surface area contributed by atoms with Gasteiger partial charge >= 0.3 is 0 Å². The second kappa shape index (κ2) is 5.43. The Labute approximate surface area is 124 Å². The van der Waals surface area contributed by atoms with E-state index in [0.717, 1.165) is 24.8 Å². The van der Waals surface area contributed by atoms with Gasteiger partial charge in [-0.3, -0.25) is 0 Å². The first-order valence-electron chi connectivity index (χ1n) is 6.88. The van der Waals surface area contributed by atoms with Crippen molar-refractivity contribution in [1.82, 2.24) is 4.98 Å². The molecule has 0 bridgehead atoms. The summed E-state index contributed by atoms with van der Waals surface area (Å²) in [4.78, 5) is 4.10. The van der Waals surface area contributed by atoms with Crippen LogP contribution < -0.4 is 11.5 Å². The van der Waals surface area contributed by atoms with Crippen LogP contribution in [0.5, 0.6) is 0 Å². The quantitative estimate of drug-likeness (QED) is 0.892. The highest BCUT2D eigenvalue weighted by molar-refractivity contribution is 6.30. The molecule has 2 atom stereocenters. The van der Waals surface area contributed by atoms with E-state index in [1.807, 2.05) is 6.07 Å². The Morgan fingerprint density at radius 1 is 1.25 bits per heavy atom. The van der Waals surface area contributed by atoms with Gasteiger partial charge in [0, 0.05) is 17.8 Å². The van der Waals surface area contributed by atoms with Gasteiger partial charge in [0.25, 0.3) is 0 Å². The van der Waals surface area contributed by atoms with Crippen LogP contribution >= 0.6 is 11.6 Å². The number of nitrogen functional groups attached to an aromatic ring is 1. The Morgan fingerprint density at radius 2 is 2.00 bits per heavy atom. The van der Waals surface area contributed by atoms with Gasteiger partial charge in [-0.15, -0.1) is 0 Å². The lowest BCUT2D eigenvalue weighted by Gasteiger charge is -2.30. The Morgan fingerprint density at radius 3 is 2.80 bits per heavy atom. The molecule has 1 heterocycles. The maximum Gasteiger partial charge on any atom is 0.128 e. The smallest absolute Gasteiger partial charge is 0.128 e. The Kier molecular flexibility index (Phi) is 3.64. The van der Waals surface area contributed by atoms with Crippen LogP contribution in [-0.4, -0.2) is 4.98 Å². The number of halogens is 1. The summed E-state index contributed by atoms with van der Waals surface area (Å²) >= 11 is 6.01. The van der Waals surface area contributed by atoms with Crippen LogP contribution in [0.2, 0.25) is 5.02 Å². The van der Waals surface area contributed by atoms with Crippen molar-refractivity contribution in [3.05, 3.63) is 58.2 Å². The SMILES string of the molecule is Nc1ncc(Cl)cc1C(N)C1CCc2ccccc2C1. The fourth-order valence-corrected chi connectivity index (χ4v) is 3.19. The molecule has 0 saturated heterocycles. The molecular weight excluding hydrogens is 270 g/mol. The monoisotopic (exact) mass is 287 g/mol. The number of nitrogens with zero attached hydrogens (tertiary/aromatic N) is 1. The summed E-state index contributed by atoms with van der Waals surface area (Å²) in [5.41, 5.74) is 16.1. The third-order valence-corrected chi connectivity index (χ3v) is 4.37. The van der Waals surface area contributed by atoms with Crippen molar-refractivity contribution in [2.45, 2.75) is 25.3 Å². The number of fused-ring (bicyclic) bond motifs is 1. The highest BCUT2D eigenvalue weighted by Gasteiger charge is 2.26.